The molecule has 0 amide bonds. The van der Waals surface area contributed by atoms with Crippen LogP contribution in [0.2, 0.25) is 0 Å². The molecule has 0 spiro atoms. The summed E-state index contributed by atoms with van der Waals surface area (Å²) in [6.07, 6.45) is -0.836. The summed E-state index contributed by atoms with van der Waals surface area (Å²) in [5.74, 6) is -0.288. The number of alkyl halides is 5. The van der Waals surface area contributed by atoms with Gasteiger partial charge in [0.15, 0.2) is 0 Å². The SMILES string of the molecule is CCCCC(CCCCC(C)(C)F)CC(C)(F)C(F)(F)F. The third kappa shape index (κ3) is 9.30. The van der Waals surface area contributed by atoms with E-state index in [4.69, 9.17) is 0 Å². The second-order valence-corrected chi connectivity index (χ2v) is 6.87. The third-order valence-corrected chi connectivity index (χ3v) is 3.86. The highest BCUT2D eigenvalue weighted by molar-refractivity contribution is 4.85. The van der Waals surface area contributed by atoms with Crippen molar-refractivity contribution in [1.82, 2.24) is 0 Å². The largest absolute Gasteiger partial charge is 0.422 e. The average Bonchev–Trinajstić information content (AvgIpc) is 2.28. The molecule has 2 atom stereocenters. The van der Waals surface area contributed by atoms with Crippen molar-refractivity contribution in [2.75, 3.05) is 0 Å². The van der Waals surface area contributed by atoms with E-state index in [1.54, 1.807) is 0 Å². The molecule has 0 bridgehead atoms. The molecule has 0 saturated heterocycles. The van der Waals surface area contributed by atoms with E-state index in [9.17, 15) is 22.0 Å². The first kappa shape index (κ1) is 20.6. The second-order valence-electron chi connectivity index (χ2n) is 6.87. The summed E-state index contributed by atoms with van der Waals surface area (Å²) in [5.41, 5.74) is -4.38. The fourth-order valence-corrected chi connectivity index (χ4v) is 2.48. The summed E-state index contributed by atoms with van der Waals surface area (Å²) in [6.45, 7) is 5.56. The quantitative estimate of drug-likeness (QED) is 0.308. The molecule has 0 aromatic rings. The van der Waals surface area contributed by atoms with Gasteiger partial charge in [0.1, 0.15) is 5.67 Å². The summed E-state index contributed by atoms with van der Waals surface area (Å²) in [7, 11) is 0. The van der Waals surface area contributed by atoms with Crippen LogP contribution in [0.5, 0.6) is 0 Å². The van der Waals surface area contributed by atoms with Crippen LogP contribution >= 0.6 is 0 Å². The average molecular weight is 316 g/mol. The zero-order chi connectivity index (χ0) is 16.7. The Labute approximate surface area is 125 Å². The van der Waals surface area contributed by atoms with E-state index in [1.165, 1.54) is 13.8 Å². The van der Waals surface area contributed by atoms with Gasteiger partial charge in [0.2, 0.25) is 5.67 Å². The lowest BCUT2D eigenvalue weighted by atomic mass is 9.85. The maximum Gasteiger partial charge on any atom is 0.422 e. The smallest absolute Gasteiger partial charge is 0.245 e. The van der Waals surface area contributed by atoms with Crippen LogP contribution < -0.4 is 0 Å². The summed E-state index contributed by atoms with van der Waals surface area (Å²) >= 11 is 0. The summed E-state index contributed by atoms with van der Waals surface area (Å²) < 4.78 is 65.0. The molecule has 0 aromatic heterocycles. The standard InChI is InChI=1S/C16H29F5/c1-5-6-9-13(10-7-8-11-14(2,3)17)12-15(4,18)16(19,20)21/h13H,5-12H2,1-4H3. The lowest BCUT2D eigenvalue weighted by molar-refractivity contribution is -0.229. The lowest BCUT2D eigenvalue weighted by Crippen LogP contribution is -2.39. The Hall–Kier alpha value is -0.350. The molecule has 128 valence electrons. The second kappa shape index (κ2) is 8.33. The van der Waals surface area contributed by atoms with Gasteiger partial charge in [0.05, 0.1) is 0 Å². The minimum atomic E-state index is -4.82. The predicted octanol–water partition coefficient (Wildman–Crippen LogP) is 6.78. The third-order valence-electron chi connectivity index (χ3n) is 3.86. The molecule has 0 aliphatic rings. The first-order valence-corrected chi connectivity index (χ1v) is 7.83. The van der Waals surface area contributed by atoms with Gasteiger partial charge in [-0.1, -0.05) is 45.4 Å². The van der Waals surface area contributed by atoms with Gasteiger partial charge in [0.25, 0.3) is 0 Å². The minimum Gasteiger partial charge on any atom is -0.245 e. The topological polar surface area (TPSA) is 0 Å². The summed E-state index contributed by atoms with van der Waals surface area (Å²) in [4.78, 5) is 0. The Bertz CT molecular complexity index is 275. The molecule has 0 aliphatic carbocycles. The van der Waals surface area contributed by atoms with Crippen molar-refractivity contribution in [3.63, 3.8) is 0 Å². The molecule has 0 nitrogen and oxygen atoms in total. The van der Waals surface area contributed by atoms with Gasteiger partial charge in [-0.25, -0.2) is 8.78 Å². The van der Waals surface area contributed by atoms with E-state index in [2.05, 4.69) is 0 Å². The molecule has 0 fully saturated rings. The Balaban J connectivity index is 4.39. The van der Waals surface area contributed by atoms with Gasteiger partial charge in [-0.2, -0.15) is 13.2 Å². The van der Waals surface area contributed by atoms with E-state index in [0.717, 1.165) is 12.8 Å². The molecule has 0 saturated carbocycles. The zero-order valence-corrected chi connectivity index (χ0v) is 13.6. The van der Waals surface area contributed by atoms with Crippen LogP contribution in [0.4, 0.5) is 22.0 Å². The molecule has 0 rings (SSSR count). The van der Waals surface area contributed by atoms with E-state index in [-0.39, 0.29) is 5.92 Å². The van der Waals surface area contributed by atoms with Gasteiger partial charge < -0.3 is 0 Å². The Morgan fingerprint density at radius 2 is 1.33 bits per heavy atom. The van der Waals surface area contributed by atoms with Crippen LogP contribution in [0.25, 0.3) is 0 Å². The van der Waals surface area contributed by atoms with E-state index in [1.807, 2.05) is 6.92 Å². The summed E-state index contributed by atoms with van der Waals surface area (Å²) in [5, 5.41) is 0. The van der Waals surface area contributed by atoms with Crippen molar-refractivity contribution in [3.8, 4) is 0 Å². The number of rotatable bonds is 10. The van der Waals surface area contributed by atoms with Crippen molar-refractivity contribution in [3.05, 3.63) is 0 Å². The van der Waals surface area contributed by atoms with Crippen LogP contribution in [0, 0.1) is 5.92 Å². The minimum absolute atomic E-state index is 0.288. The molecule has 0 aromatic carbocycles. The van der Waals surface area contributed by atoms with Gasteiger partial charge in [-0.15, -0.1) is 0 Å². The van der Waals surface area contributed by atoms with Crippen LogP contribution in [-0.4, -0.2) is 17.5 Å². The molecular formula is C16H29F5. The molecule has 0 aliphatic heterocycles. The maximum absolute atomic E-state index is 13.8. The zero-order valence-electron chi connectivity index (χ0n) is 13.6. The first-order valence-electron chi connectivity index (χ1n) is 7.83. The van der Waals surface area contributed by atoms with Crippen molar-refractivity contribution < 1.29 is 22.0 Å². The van der Waals surface area contributed by atoms with Crippen LogP contribution in [-0.2, 0) is 0 Å². The van der Waals surface area contributed by atoms with Gasteiger partial charge in [0, 0.05) is 0 Å². The van der Waals surface area contributed by atoms with E-state index < -0.39 is 23.9 Å². The van der Waals surface area contributed by atoms with Gasteiger partial charge in [-0.05, 0) is 39.5 Å². The van der Waals surface area contributed by atoms with Crippen LogP contribution in [0.15, 0.2) is 0 Å². The Morgan fingerprint density at radius 1 is 0.810 bits per heavy atom. The van der Waals surface area contributed by atoms with Crippen molar-refractivity contribution in [1.29, 1.82) is 0 Å². The molecule has 0 heterocycles. The number of halogens is 5. The monoisotopic (exact) mass is 316 g/mol. The van der Waals surface area contributed by atoms with Gasteiger partial charge >= 0.3 is 6.18 Å². The highest BCUT2D eigenvalue weighted by Crippen LogP contribution is 2.40. The van der Waals surface area contributed by atoms with Crippen molar-refractivity contribution in [2.45, 2.75) is 96.6 Å². The number of hydrogen-bond donors (Lipinski definition) is 0. The maximum atomic E-state index is 13.8. The highest BCUT2D eigenvalue weighted by atomic mass is 19.4. The molecule has 5 heteroatoms. The summed E-state index contributed by atoms with van der Waals surface area (Å²) in [6, 6.07) is 0. The molecule has 21 heavy (non-hydrogen) atoms. The van der Waals surface area contributed by atoms with Crippen LogP contribution in [0.1, 0.15) is 79.1 Å². The highest BCUT2D eigenvalue weighted by Gasteiger charge is 2.52. The molecule has 2 unspecified atom stereocenters. The van der Waals surface area contributed by atoms with Crippen molar-refractivity contribution >= 4 is 0 Å². The predicted molar refractivity (Wildman–Crippen MR) is 76.9 cm³/mol. The molecule has 0 N–H and O–H groups in total. The molecule has 0 radical (unpaired) electrons. The van der Waals surface area contributed by atoms with E-state index in [0.29, 0.717) is 39.0 Å². The molecular weight excluding hydrogens is 287 g/mol. The number of hydrogen-bond acceptors (Lipinski definition) is 0. The van der Waals surface area contributed by atoms with Crippen molar-refractivity contribution in [2.24, 2.45) is 5.92 Å². The van der Waals surface area contributed by atoms with E-state index >= 15 is 0 Å². The first-order chi connectivity index (χ1) is 9.39. The Morgan fingerprint density at radius 3 is 1.76 bits per heavy atom. The fourth-order valence-electron chi connectivity index (χ4n) is 2.48. The normalized spacial score (nSPS) is 17.6. The lowest BCUT2D eigenvalue weighted by Gasteiger charge is -2.28. The number of unbranched alkanes of at least 4 members (excludes halogenated alkanes) is 2. The fraction of sp³-hybridized carbons (Fsp3) is 1.00. The Kier molecular flexibility index (Phi) is 8.19. The van der Waals surface area contributed by atoms with Crippen LogP contribution in [0.3, 0.4) is 0 Å². The van der Waals surface area contributed by atoms with Gasteiger partial charge in [-0.3, -0.25) is 0 Å².